The Hall–Kier alpha value is -1.62. The summed E-state index contributed by atoms with van der Waals surface area (Å²) in [7, 11) is 0. The first-order valence-electron chi connectivity index (χ1n) is 13.0. The van der Waals surface area contributed by atoms with Crippen LogP contribution in [0.3, 0.4) is 0 Å². The summed E-state index contributed by atoms with van der Waals surface area (Å²) >= 11 is 1.53. The first-order chi connectivity index (χ1) is 15.8. The largest absolute Gasteiger partial charge is 0.494 e. The molecule has 1 saturated carbocycles. The molecule has 0 aliphatic heterocycles. The quantitative estimate of drug-likeness (QED) is 0.252. The van der Waals surface area contributed by atoms with E-state index in [0.29, 0.717) is 5.19 Å². The van der Waals surface area contributed by atoms with Crippen molar-refractivity contribution in [2.45, 2.75) is 97.3 Å². The summed E-state index contributed by atoms with van der Waals surface area (Å²) in [6, 6.07) is 8.15. The van der Waals surface area contributed by atoms with Gasteiger partial charge in [-0.2, -0.15) is 0 Å². The molecular formula is C27H42N2O2S. The molecule has 1 aliphatic carbocycles. The van der Waals surface area contributed by atoms with E-state index in [1.54, 1.807) is 0 Å². The minimum Gasteiger partial charge on any atom is -0.494 e. The van der Waals surface area contributed by atoms with Gasteiger partial charge in [0.15, 0.2) is 5.01 Å². The van der Waals surface area contributed by atoms with Crippen LogP contribution in [-0.4, -0.2) is 23.4 Å². The number of hydrogen-bond donors (Lipinski definition) is 0. The van der Waals surface area contributed by atoms with E-state index in [2.05, 4.69) is 36.2 Å². The topological polar surface area (TPSA) is 44.2 Å². The highest BCUT2D eigenvalue weighted by Crippen LogP contribution is 2.36. The fourth-order valence-corrected chi connectivity index (χ4v) is 5.55. The van der Waals surface area contributed by atoms with Crippen LogP contribution in [0.25, 0.3) is 10.6 Å². The maximum Gasteiger partial charge on any atom is 0.294 e. The number of unbranched alkanes of at least 4 members (excludes halogenated alkanes) is 4. The van der Waals surface area contributed by atoms with Crippen molar-refractivity contribution in [1.29, 1.82) is 0 Å². The van der Waals surface area contributed by atoms with Gasteiger partial charge in [-0.3, -0.25) is 0 Å². The molecule has 1 fully saturated rings. The predicted molar refractivity (Wildman–Crippen MR) is 135 cm³/mol. The Bertz CT molecular complexity index is 746. The number of rotatable bonds is 15. The SMILES string of the molecule is CCCCCOc1ccc(-c2nnc(OCCCC3CCCCC3CCCCC)s2)cc1. The second kappa shape index (κ2) is 14.5. The summed E-state index contributed by atoms with van der Waals surface area (Å²) in [5.41, 5.74) is 1.07. The van der Waals surface area contributed by atoms with Crippen LogP contribution in [0.4, 0.5) is 0 Å². The van der Waals surface area contributed by atoms with Crippen molar-refractivity contribution in [3.8, 4) is 21.5 Å². The fraction of sp³-hybridized carbons (Fsp3) is 0.704. The van der Waals surface area contributed by atoms with E-state index in [1.807, 2.05) is 12.1 Å². The molecule has 1 aromatic carbocycles. The molecule has 0 amide bonds. The number of ether oxygens (including phenoxy) is 2. The molecule has 1 heterocycles. The molecule has 2 unspecified atom stereocenters. The van der Waals surface area contributed by atoms with Gasteiger partial charge in [-0.25, -0.2) is 0 Å². The molecule has 2 atom stereocenters. The molecule has 178 valence electrons. The van der Waals surface area contributed by atoms with Gasteiger partial charge in [-0.1, -0.05) is 94.5 Å². The Morgan fingerprint density at radius 2 is 1.44 bits per heavy atom. The molecular weight excluding hydrogens is 416 g/mol. The van der Waals surface area contributed by atoms with Gasteiger partial charge in [-0.05, 0) is 55.4 Å². The van der Waals surface area contributed by atoms with Gasteiger partial charge in [0.2, 0.25) is 0 Å². The molecule has 0 radical (unpaired) electrons. The van der Waals surface area contributed by atoms with Crippen molar-refractivity contribution in [2.24, 2.45) is 11.8 Å². The van der Waals surface area contributed by atoms with Gasteiger partial charge >= 0.3 is 0 Å². The lowest BCUT2D eigenvalue weighted by Crippen LogP contribution is -2.20. The zero-order valence-corrected chi connectivity index (χ0v) is 21.0. The van der Waals surface area contributed by atoms with Crippen LogP contribution in [0.15, 0.2) is 24.3 Å². The van der Waals surface area contributed by atoms with Gasteiger partial charge in [0.25, 0.3) is 5.19 Å². The Morgan fingerprint density at radius 3 is 2.16 bits per heavy atom. The maximum atomic E-state index is 5.95. The van der Waals surface area contributed by atoms with Gasteiger partial charge in [-0.15, -0.1) is 5.10 Å². The number of nitrogens with zero attached hydrogens (tertiary/aromatic N) is 2. The Morgan fingerprint density at radius 1 is 0.781 bits per heavy atom. The molecule has 1 aromatic heterocycles. The van der Waals surface area contributed by atoms with E-state index in [0.717, 1.165) is 54.2 Å². The average Bonchev–Trinajstić information content (AvgIpc) is 3.30. The zero-order valence-electron chi connectivity index (χ0n) is 20.2. The molecule has 0 spiro atoms. The van der Waals surface area contributed by atoms with Gasteiger partial charge in [0.1, 0.15) is 5.75 Å². The first-order valence-corrected chi connectivity index (χ1v) is 13.8. The summed E-state index contributed by atoms with van der Waals surface area (Å²) in [5, 5.41) is 10.2. The number of aromatic nitrogens is 2. The molecule has 32 heavy (non-hydrogen) atoms. The lowest BCUT2D eigenvalue weighted by Gasteiger charge is -2.31. The molecule has 0 bridgehead atoms. The van der Waals surface area contributed by atoms with Crippen LogP contribution >= 0.6 is 11.3 Å². The predicted octanol–water partition coefficient (Wildman–Crippen LogP) is 8.32. The molecule has 2 aromatic rings. The summed E-state index contributed by atoms with van der Waals surface area (Å²) < 4.78 is 11.8. The van der Waals surface area contributed by atoms with E-state index in [9.17, 15) is 0 Å². The van der Waals surface area contributed by atoms with Crippen molar-refractivity contribution in [2.75, 3.05) is 13.2 Å². The standard InChI is InChI=1S/C27H42N2O2S/c1-3-5-7-12-22-13-8-9-14-23(22)15-11-21-31-27-29-28-26(32-27)24-16-18-25(19-17-24)30-20-10-6-4-2/h16-19,22-23H,3-15,20-21H2,1-2H3. The highest BCUT2D eigenvalue weighted by atomic mass is 32.1. The number of hydrogen-bond acceptors (Lipinski definition) is 5. The van der Waals surface area contributed by atoms with Gasteiger partial charge < -0.3 is 9.47 Å². The third-order valence-corrected chi connectivity index (χ3v) is 7.60. The third kappa shape index (κ3) is 8.38. The van der Waals surface area contributed by atoms with Crippen LogP contribution in [-0.2, 0) is 0 Å². The van der Waals surface area contributed by atoms with Crippen LogP contribution in [0, 0.1) is 11.8 Å². The lowest BCUT2D eigenvalue weighted by molar-refractivity contribution is 0.190. The highest BCUT2D eigenvalue weighted by molar-refractivity contribution is 7.16. The van der Waals surface area contributed by atoms with Crippen LogP contribution < -0.4 is 9.47 Å². The second-order valence-corrected chi connectivity index (χ2v) is 10.2. The molecule has 4 nitrogen and oxygen atoms in total. The Labute approximate surface area is 199 Å². The summed E-state index contributed by atoms with van der Waals surface area (Å²) in [6.07, 6.45) is 17.2. The Kier molecular flexibility index (Phi) is 11.3. The minimum absolute atomic E-state index is 0.683. The maximum absolute atomic E-state index is 5.95. The monoisotopic (exact) mass is 458 g/mol. The van der Waals surface area contributed by atoms with E-state index >= 15 is 0 Å². The highest BCUT2D eigenvalue weighted by Gasteiger charge is 2.24. The second-order valence-electron chi connectivity index (χ2n) is 9.24. The molecule has 5 heteroatoms. The summed E-state index contributed by atoms with van der Waals surface area (Å²) in [5.74, 6) is 2.76. The molecule has 3 rings (SSSR count). The number of benzene rings is 1. The van der Waals surface area contributed by atoms with E-state index in [-0.39, 0.29) is 0 Å². The zero-order chi connectivity index (χ0) is 22.4. The first kappa shape index (κ1) is 25.0. The van der Waals surface area contributed by atoms with Gasteiger partial charge in [0.05, 0.1) is 13.2 Å². The summed E-state index contributed by atoms with van der Waals surface area (Å²) in [6.45, 7) is 6.03. The van der Waals surface area contributed by atoms with Crippen LogP contribution in [0.1, 0.15) is 97.3 Å². The third-order valence-electron chi connectivity index (χ3n) is 6.71. The smallest absolute Gasteiger partial charge is 0.294 e. The fourth-order valence-electron chi connectivity index (χ4n) is 4.83. The van der Waals surface area contributed by atoms with E-state index in [1.165, 1.54) is 82.0 Å². The van der Waals surface area contributed by atoms with Crippen LogP contribution in [0.5, 0.6) is 10.9 Å². The molecule has 0 saturated heterocycles. The molecule has 0 N–H and O–H groups in total. The van der Waals surface area contributed by atoms with E-state index < -0.39 is 0 Å². The Balaban J connectivity index is 1.38. The van der Waals surface area contributed by atoms with Crippen molar-refractivity contribution in [3.63, 3.8) is 0 Å². The van der Waals surface area contributed by atoms with E-state index in [4.69, 9.17) is 9.47 Å². The van der Waals surface area contributed by atoms with Crippen molar-refractivity contribution >= 4 is 11.3 Å². The van der Waals surface area contributed by atoms with Gasteiger partial charge in [0, 0.05) is 5.56 Å². The van der Waals surface area contributed by atoms with Crippen molar-refractivity contribution < 1.29 is 9.47 Å². The normalized spacial score (nSPS) is 18.6. The summed E-state index contributed by atoms with van der Waals surface area (Å²) in [4.78, 5) is 0. The van der Waals surface area contributed by atoms with Crippen molar-refractivity contribution in [1.82, 2.24) is 10.2 Å². The molecule has 1 aliphatic rings. The van der Waals surface area contributed by atoms with Crippen molar-refractivity contribution in [3.05, 3.63) is 24.3 Å². The minimum atomic E-state index is 0.683. The average molecular weight is 459 g/mol. The lowest BCUT2D eigenvalue weighted by atomic mass is 9.74. The van der Waals surface area contributed by atoms with Crippen LogP contribution in [0.2, 0.25) is 0 Å².